The van der Waals surface area contributed by atoms with E-state index in [-0.39, 0.29) is 18.1 Å². The van der Waals surface area contributed by atoms with Gasteiger partial charge in [-0.15, -0.1) is 0 Å². The van der Waals surface area contributed by atoms with Gasteiger partial charge in [-0.05, 0) is 38.0 Å². The Hall–Kier alpha value is -1.42. The van der Waals surface area contributed by atoms with Gasteiger partial charge in [-0.1, -0.05) is 55.2 Å². The first-order valence-corrected chi connectivity index (χ1v) is 9.47. The summed E-state index contributed by atoms with van der Waals surface area (Å²) in [5.74, 6) is 0.667. The molecular weight excluding hydrogens is 357 g/mol. The van der Waals surface area contributed by atoms with Crippen LogP contribution in [0.15, 0.2) is 36.4 Å². The van der Waals surface area contributed by atoms with E-state index in [1.54, 1.807) is 6.07 Å². The predicted molar refractivity (Wildman–Crippen MR) is 102 cm³/mol. The fourth-order valence-electron chi connectivity index (χ4n) is 4.06. The Balaban J connectivity index is 1.96. The summed E-state index contributed by atoms with van der Waals surface area (Å²) >= 11 is 12.7. The fraction of sp³-hybridized carbons (Fsp3) is 0.400. The highest BCUT2D eigenvalue weighted by Gasteiger charge is 2.47. The zero-order valence-electron chi connectivity index (χ0n) is 14.6. The highest BCUT2D eigenvalue weighted by atomic mass is 35.5. The average molecular weight is 378 g/mol. The van der Waals surface area contributed by atoms with Gasteiger partial charge in [0.25, 0.3) is 0 Å². The molecule has 2 aromatic carbocycles. The molecule has 0 N–H and O–H groups in total. The van der Waals surface area contributed by atoms with Crippen LogP contribution in [0.4, 0.5) is 5.69 Å². The second-order valence-electron chi connectivity index (χ2n) is 6.62. The lowest BCUT2D eigenvalue weighted by Gasteiger charge is -2.52. The van der Waals surface area contributed by atoms with Gasteiger partial charge in [-0.2, -0.15) is 0 Å². The van der Waals surface area contributed by atoms with E-state index in [1.165, 1.54) is 5.56 Å². The van der Waals surface area contributed by atoms with Gasteiger partial charge in [0.05, 0.1) is 10.6 Å². The summed E-state index contributed by atoms with van der Waals surface area (Å²) in [6.45, 7) is 6.36. The maximum absolute atomic E-state index is 6.74. The molecule has 3 nitrogen and oxygen atoms in total. The van der Waals surface area contributed by atoms with Crippen LogP contribution in [0.3, 0.4) is 0 Å². The van der Waals surface area contributed by atoms with Crippen LogP contribution in [0.5, 0.6) is 5.75 Å². The van der Waals surface area contributed by atoms with Gasteiger partial charge in [0.15, 0.2) is 12.5 Å². The molecule has 0 saturated heterocycles. The molecule has 0 bridgehead atoms. The van der Waals surface area contributed by atoms with Crippen LogP contribution in [0.2, 0.25) is 10.0 Å². The van der Waals surface area contributed by atoms with Gasteiger partial charge in [0, 0.05) is 21.8 Å². The third kappa shape index (κ3) is 2.44. The molecule has 0 unspecified atom stereocenters. The predicted octanol–water partition coefficient (Wildman–Crippen LogP) is 6.28. The number of ether oxygens (including phenoxy) is 2. The van der Waals surface area contributed by atoms with Crippen molar-refractivity contribution in [2.75, 3.05) is 4.90 Å². The monoisotopic (exact) mass is 377 g/mol. The van der Waals surface area contributed by atoms with Crippen LogP contribution < -0.4 is 9.64 Å². The van der Waals surface area contributed by atoms with E-state index in [1.807, 2.05) is 13.0 Å². The number of benzene rings is 2. The standard InChI is InChI=1S/C20H21Cl2NO2/c1-4-20(5-2)15-8-6-7-9-17(15)23-12(3)24-18-14(19(23)25-20)10-13(21)11-16(18)22/h6-12,19H,4-5H2,1-3H3/t12-,19+/m1/s1. The average Bonchev–Trinajstić information content (AvgIpc) is 2.61. The molecule has 0 amide bonds. The van der Waals surface area contributed by atoms with Crippen molar-refractivity contribution in [2.24, 2.45) is 0 Å². The molecule has 0 aliphatic carbocycles. The molecule has 2 aromatic rings. The van der Waals surface area contributed by atoms with Crippen molar-refractivity contribution in [3.05, 3.63) is 57.6 Å². The Morgan fingerprint density at radius 3 is 2.56 bits per heavy atom. The summed E-state index contributed by atoms with van der Waals surface area (Å²) < 4.78 is 12.9. The van der Waals surface area contributed by atoms with Crippen LogP contribution in [0.25, 0.3) is 0 Å². The van der Waals surface area contributed by atoms with Gasteiger partial charge in [-0.3, -0.25) is 0 Å². The number of para-hydroxylation sites is 1. The van der Waals surface area contributed by atoms with Gasteiger partial charge in [-0.25, -0.2) is 0 Å². The number of hydrogen-bond donors (Lipinski definition) is 0. The molecule has 2 atom stereocenters. The second-order valence-corrected chi connectivity index (χ2v) is 7.46. The van der Waals surface area contributed by atoms with E-state index < -0.39 is 0 Å². The molecule has 0 spiro atoms. The van der Waals surface area contributed by atoms with Gasteiger partial charge >= 0.3 is 0 Å². The van der Waals surface area contributed by atoms with Crippen molar-refractivity contribution in [1.82, 2.24) is 0 Å². The first-order chi connectivity index (χ1) is 12.0. The lowest BCUT2D eigenvalue weighted by Crippen LogP contribution is -2.52. The summed E-state index contributed by atoms with van der Waals surface area (Å²) in [5, 5.41) is 1.11. The number of halogens is 2. The lowest BCUT2D eigenvalue weighted by molar-refractivity contribution is -0.132. The topological polar surface area (TPSA) is 21.7 Å². The molecule has 0 saturated carbocycles. The molecule has 0 fully saturated rings. The van der Waals surface area contributed by atoms with Gasteiger partial charge < -0.3 is 14.4 Å². The van der Waals surface area contributed by atoms with Crippen molar-refractivity contribution >= 4 is 28.9 Å². The van der Waals surface area contributed by atoms with Crippen molar-refractivity contribution in [3.8, 4) is 5.75 Å². The van der Waals surface area contributed by atoms with E-state index in [0.29, 0.717) is 15.8 Å². The van der Waals surface area contributed by atoms with Gasteiger partial charge in [0.1, 0.15) is 5.75 Å². The second kappa shape index (κ2) is 6.08. The molecule has 2 aliphatic heterocycles. The van der Waals surface area contributed by atoms with Crippen LogP contribution in [-0.4, -0.2) is 6.23 Å². The zero-order chi connectivity index (χ0) is 17.8. The molecule has 132 valence electrons. The minimum atomic E-state index is -0.332. The quantitative estimate of drug-likeness (QED) is 0.614. The summed E-state index contributed by atoms with van der Waals surface area (Å²) in [4.78, 5) is 2.17. The van der Waals surface area contributed by atoms with E-state index in [9.17, 15) is 0 Å². The lowest BCUT2D eigenvalue weighted by atomic mass is 9.84. The molecular formula is C20H21Cl2NO2. The normalized spacial score (nSPS) is 23.3. The van der Waals surface area contributed by atoms with Crippen molar-refractivity contribution in [3.63, 3.8) is 0 Å². The third-order valence-corrected chi connectivity index (χ3v) is 5.89. The fourth-order valence-corrected chi connectivity index (χ4v) is 4.61. The molecule has 4 rings (SSSR count). The van der Waals surface area contributed by atoms with Crippen molar-refractivity contribution < 1.29 is 9.47 Å². The SMILES string of the molecule is CCC1(CC)O[C@H]2c3cc(Cl)cc(Cl)c3O[C@H](C)N2c2ccccc21. The third-order valence-electron chi connectivity index (χ3n) is 5.39. The Kier molecular flexibility index (Phi) is 4.14. The Morgan fingerprint density at radius 1 is 1.12 bits per heavy atom. The van der Waals surface area contributed by atoms with Crippen LogP contribution >= 0.6 is 23.2 Å². The first kappa shape index (κ1) is 17.0. The molecule has 2 aliphatic rings. The smallest absolute Gasteiger partial charge is 0.171 e. The van der Waals surface area contributed by atoms with Gasteiger partial charge in [0.2, 0.25) is 0 Å². The highest BCUT2D eigenvalue weighted by molar-refractivity contribution is 6.35. The molecule has 5 heteroatoms. The maximum atomic E-state index is 6.74. The molecule has 0 aromatic heterocycles. The van der Waals surface area contributed by atoms with Crippen molar-refractivity contribution in [2.45, 2.75) is 51.7 Å². The largest absolute Gasteiger partial charge is 0.469 e. The van der Waals surface area contributed by atoms with Crippen molar-refractivity contribution in [1.29, 1.82) is 0 Å². The molecule has 0 radical (unpaired) electrons. The number of anilines is 1. The maximum Gasteiger partial charge on any atom is 0.171 e. The Bertz CT molecular complexity index is 819. The van der Waals surface area contributed by atoms with E-state index in [4.69, 9.17) is 32.7 Å². The number of hydrogen-bond acceptors (Lipinski definition) is 3. The summed E-state index contributed by atoms with van der Waals surface area (Å²) in [5.41, 5.74) is 2.91. The highest BCUT2D eigenvalue weighted by Crippen LogP contribution is 2.54. The number of nitrogens with zero attached hydrogens (tertiary/aromatic N) is 1. The van der Waals surface area contributed by atoms with Crippen LogP contribution in [0, 0.1) is 0 Å². The summed E-state index contributed by atoms with van der Waals surface area (Å²) in [7, 11) is 0. The first-order valence-electron chi connectivity index (χ1n) is 8.72. The number of rotatable bonds is 2. The number of fused-ring (bicyclic) bond motifs is 5. The van der Waals surface area contributed by atoms with E-state index in [2.05, 4.69) is 43.0 Å². The van der Waals surface area contributed by atoms with E-state index >= 15 is 0 Å². The van der Waals surface area contributed by atoms with E-state index in [0.717, 1.165) is 24.1 Å². The summed E-state index contributed by atoms with van der Waals surface area (Å²) in [6, 6.07) is 12.0. The molecule has 25 heavy (non-hydrogen) atoms. The zero-order valence-corrected chi connectivity index (χ0v) is 16.1. The molecule has 2 heterocycles. The van der Waals surface area contributed by atoms with Crippen LogP contribution in [0.1, 0.15) is 51.0 Å². The van der Waals surface area contributed by atoms with Crippen LogP contribution in [-0.2, 0) is 10.3 Å². The summed E-state index contributed by atoms with van der Waals surface area (Å²) in [6.07, 6.45) is 1.32. The minimum absolute atomic E-state index is 0.191. The Morgan fingerprint density at radius 2 is 1.84 bits per heavy atom. The minimum Gasteiger partial charge on any atom is -0.469 e. The Labute approximate surface area is 158 Å².